The van der Waals surface area contributed by atoms with Crippen LogP contribution in [-0.2, 0) is 0 Å². The number of anilines is 1. The van der Waals surface area contributed by atoms with Gasteiger partial charge in [0.05, 0.1) is 26.6 Å². The van der Waals surface area contributed by atoms with Gasteiger partial charge in [0.1, 0.15) is 0 Å². The van der Waals surface area contributed by atoms with Crippen molar-refractivity contribution in [3.05, 3.63) is 49.4 Å². The summed E-state index contributed by atoms with van der Waals surface area (Å²) >= 11 is 4.68. The van der Waals surface area contributed by atoms with E-state index in [9.17, 15) is 10.1 Å². The Kier molecular flexibility index (Phi) is 3.93. The first-order valence-corrected chi connectivity index (χ1v) is 6.90. The van der Waals surface area contributed by atoms with Crippen molar-refractivity contribution < 1.29 is 4.92 Å². The van der Waals surface area contributed by atoms with Crippen molar-refractivity contribution in [1.82, 2.24) is 4.98 Å². The van der Waals surface area contributed by atoms with Crippen LogP contribution < -0.4 is 5.32 Å². The van der Waals surface area contributed by atoms with E-state index in [4.69, 9.17) is 0 Å². The predicted molar refractivity (Wildman–Crippen MR) is 74.9 cm³/mol. The Morgan fingerprint density at radius 2 is 2.33 bits per heavy atom. The minimum Gasteiger partial charge on any atom is -0.377 e. The van der Waals surface area contributed by atoms with Gasteiger partial charge >= 0.3 is 0 Å². The summed E-state index contributed by atoms with van der Waals surface area (Å²) in [5.41, 5.74) is 3.43. The Hall–Kier alpha value is -1.47. The lowest BCUT2D eigenvalue weighted by molar-refractivity contribution is -0.385. The van der Waals surface area contributed by atoms with E-state index in [0.29, 0.717) is 10.2 Å². The number of rotatable bonds is 4. The van der Waals surface area contributed by atoms with Crippen LogP contribution in [0, 0.1) is 10.1 Å². The Morgan fingerprint density at radius 1 is 1.56 bits per heavy atom. The molecule has 7 heteroatoms. The van der Waals surface area contributed by atoms with Crippen LogP contribution in [-0.4, -0.2) is 9.91 Å². The summed E-state index contributed by atoms with van der Waals surface area (Å²) in [5.74, 6) is 0. The van der Waals surface area contributed by atoms with Crippen LogP contribution in [0.2, 0.25) is 0 Å². The SMILES string of the molecule is CC(Nc1ccc(Br)c([N+](=O)[O-])c1)c1cscn1. The third-order valence-electron chi connectivity index (χ3n) is 2.42. The number of nitro benzene ring substituents is 1. The zero-order valence-electron chi connectivity index (χ0n) is 9.46. The van der Waals surface area contributed by atoms with Crippen LogP contribution in [0.1, 0.15) is 18.7 Å². The number of nitrogens with zero attached hydrogens (tertiary/aromatic N) is 2. The fourth-order valence-corrected chi connectivity index (χ4v) is 2.54. The molecule has 0 amide bonds. The molecule has 2 rings (SSSR count). The molecule has 1 unspecified atom stereocenters. The molecule has 94 valence electrons. The minimum atomic E-state index is -0.414. The summed E-state index contributed by atoms with van der Waals surface area (Å²) in [6.07, 6.45) is 0. The Morgan fingerprint density at radius 3 is 2.94 bits per heavy atom. The van der Waals surface area contributed by atoms with Gasteiger partial charge in [-0.1, -0.05) is 0 Å². The summed E-state index contributed by atoms with van der Waals surface area (Å²) < 4.78 is 0.472. The number of nitro groups is 1. The molecule has 0 radical (unpaired) electrons. The molecule has 2 aromatic rings. The molecule has 1 atom stereocenters. The van der Waals surface area contributed by atoms with Crippen LogP contribution in [0.15, 0.2) is 33.6 Å². The van der Waals surface area contributed by atoms with E-state index >= 15 is 0 Å². The maximum absolute atomic E-state index is 10.8. The molecular weight excluding hydrogens is 318 g/mol. The Labute approximate surface area is 116 Å². The van der Waals surface area contributed by atoms with Crippen LogP contribution >= 0.6 is 27.3 Å². The molecule has 1 heterocycles. The van der Waals surface area contributed by atoms with Crippen LogP contribution in [0.25, 0.3) is 0 Å². The van der Waals surface area contributed by atoms with Gasteiger partial charge in [-0.3, -0.25) is 10.1 Å². The monoisotopic (exact) mass is 327 g/mol. The average Bonchev–Trinajstić information content (AvgIpc) is 2.85. The summed E-state index contributed by atoms with van der Waals surface area (Å²) in [7, 11) is 0. The van der Waals surface area contributed by atoms with Gasteiger partial charge < -0.3 is 5.32 Å². The first kappa shape index (κ1) is 13.0. The smallest absolute Gasteiger partial charge is 0.285 e. The number of nitrogens with one attached hydrogen (secondary N) is 1. The molecule has 0 spiro atoms. The molecular formula is C11H10BrN3O2S. The molecule has 18 heavy (non-hydrogen) atoms. The molecule has 0 aliphatic rings. The van der Waals surface area contributed by atoms with Gasteiger partial charge in [0.25, 0.3) is 5.69 Å². The lowest BCUT2D eigenvalue weighted by Crippen LogP contribution is -2.07. The highest BCUT2D eigenvalue weighted by Gasteiger charge is 2.14. The van der Waals surface area contributed by atoms with Crippen LogP contribution in [0.4, 0.5) is 11.4 Å². The quantitative estimate of drug-likeness (QED) is 0.681. The van der Waals surface area contributed by atoms with E-state index < -0.39 is 4.92 Å². The Balaban J connectivity index is 2.20. The van der Waals surface area contributed by atoms with Crippen molar-refractivity contribution in [3.63, 3.8) is 0 Å². The number of halogens is 1. The first-order chi connectivity index (χ1) is 8.58. The third-order valence-corrected chi connectivity index (χ3v) is 3.70. The molecule has 0 saturated carbocycles. The minimum absolute atomic E-state index is 0.0111. The lowest BCUT2D eigenvalue weighted by atomic mass is 10.2. The van der Waals surface area contributed by atoms with Crippen molar-refractivity contribution in [2.24, 2.45) is 0 Å². The van der Waals surface area contributed by atoms with Crippen molar-refractivity contribution in [2.75, 3.05) is 5.32 Å². The average molecular weight is 328 g/mol. The Bertz CT molecular complexity index is 559. The summed E-state index contributed by atoms with van der Waals surface area (Å²) in [6, 6.07) is 4.97. The second-order valence-corrected chi connectivity index (χ2v) is 5.28. The molecule has 0 saturated heterocycles. The third kappa shape index (κ3) is 2.85. The number of thiazole rings is 1. The summed E-state index contributed by atoms with van der Waals surface area (Å²) in [5, 5.41) is 16.0. The van der Waals surface area contributed by atoms with E-state index in [2.05, 4.69) is 26.2 Å². The van der Waals surface area contributed by atoms with Gasteiger partial charge in [0.15, 0.2) is 0 Å². The number of aromatic nitrogens is 1. The second kappa shape index (κ2) is 5.45. The predicted octanol–water partition coefficient (Wildman–Crippen LogP) is 3.99. The van der Waals surface area contributed by atoms with Crippen molar-refractivity contribution in [1.29, 1.82) is 0 Å². The molecule has 1 N–H and O–H groups in total. The highest BCUT2D eigenvalue weighted by atomic mass is 79.9. The first-order valence-electron chi connectivity index (χ1n) is 5.16. The maximum Gasteiger partial charge on any atom is 0.285 e. The molecule has 0 bridgehead atoms. The maximum atomic E-state index is 10.8. The van der Waals surface area contributed by atoms with Gasteiger partial charge in [0, 0.05) is 17.1 Å². The van der Waals surface area contributed by atoms with E-state index in [1.807, 2.05) is 12.3 Å². The fraction of sp³-hybridized carbons (Fsp3) is 0.182. The van der Waals surface area contributed by atoms with Gasteiger partial charge in [-0.2, -0.15) is 0 Å². The molecule has 1 aromatic heterocycles. The van der Waals surface area contributed by atoms with Crippen molar-refractivity contribution >= 4 is 38.6 Å². The van der Waals surface area contributed by atoms with Crippen LogP contribution in [0.3, 0.4) is 0 Å². The van der Waals surface area contributed by atoms with Crippen LogP contribution in [0.5, 0.6) is 0 Å². The fourth-order valence-electron chi connectivity index (χ4n) is 1.50. The number of hydrogen-bond acceptors (Lipinski definition) is 5. The van der Waals surface area contributed by atoms with Gasteiger partial charge in [-0.05, 0) is 35.0 Å². The van der Waals surface area contributed by atoms with E-state index in [1.165, 1.54) is 17.4 Å². The van der Waals surface area contributed by atoms with Gasteiger partial charge in [-0.25, -0.2) is 4.98 Å². The van der Waals surface area contributed by atoms with Crippen molar-refractivity contribution in [2.45, 2.75) is 13.0 Å². The van der Waals surface area contributed by atoms with E-state index in [1.54, 1.807) is 17.6 Å². The summed E-state index contributed by atoms with van der Waals surface area (Å²) in [4.78, 5) is 14.6. The van der Waals surface area contributed by atoms with Crippen molar-refractivity contribution in [3.8, 4) is 0 Å². The normalized spacial score (nSPS) is 12.1. The summed E-state index contributed by atoms with van der Waals surface area (Å²) in [6.45, 7) is 1.96. The topological polar surface area (TPSA) is 68.1 Å². The highest BCUT2D eigenvalue weighted by Crippen LogP contribution is 2.29. The lowest BCUT2D eigenvalue weighted by Gasteiger charge is -2.13. The van der Waals surface area contributed by atoms with E-state index in [0.717, 1.165) is 5.69 Å². The van der Waals surface area contributed by atoms with Gasteiger partial charge in [-0.15, -0.1) is 11.3 Å². The molecule has 0 aliphatic heterocycles. The standard InChI is InChI=1S/C11H10BrN3O2S/c1-7(10-5-18-6-13-10)14-8-2-3-9(12)11(4-8)15(16)17/h2-7,14H,1H3. The van der Waals surface area contributed by atoms with E-state index in [-0.39, 0.29) is 11.7 Å². The molecule has 0 fully saturated rings. The second-order valence-electron chi connectivity index (χ2n) is 3.70. The largest absolute Gasteiger partial charge is 0.377 e. The molecule has 5 nitrogen and oxygen atoms in total. The van der Waals surface area contributed by atoms with Gasteiger partial charge in [0.2, 0.25) is 0 Å². The zero-order valence-corrected chi connectivity index (χ0v) is 11.9. The number of hydrogen-bond donors (Lipinski definition) is 1. The zero-order chi connectivity index (χ0) is 13.1. The molecule has 1 aromatic carbocycles. The highest BCUT2D eigenvalue weighted by molar-refractivity contribution is 9.10. The number of benzene rings is 1. The molecule has 0 aliphatic carbocycles.